The Bertz CT molecular complexity index is 1090. The maximum Gasteiger partial charge on any atom is 0.417 e. The summed E-state index contributed by atoms with van der Waals surface area (Å²) in [6.07, 6.45) is -2.65. The highest BCUT2D eigenvalue weighted by Crippen LogP contribution is 2.38. The van der Waals surface area contributed by atoms with E-state index in [4.69, 9.17) is 4.74 Å². The van der Waals surface area contributed by atoms with Crippen molar-refractivity contribution in [3.8, 4) is 5.88 Å². The van der Waals surface area contributed by atoms with E-state index in [9.17, 15) is 13.2 Å². The van der Waals surface area contributed by atoms with Crippen molar-refractivity contribution in [1.29, 1.82) is 0 Å². The summed E-state index contributed by atoms with van der Waals surface area (Å²) in [6, 6.07) is 16.7. The van der Waals surface area contributed by atoms with Crippen molar-refractivity contribution >= 4 is 22.0 Å². The average Bonchev–Trinajstić information content (AvgIpc) is 2.78. The Morgan fingerprint density at radius 3 is 2.50 bits per heavy atom. The van der Waals surface area contributed by atoms with Crippen molar-refractivity contribution < 1.29 is 17.9 Å². The molecule has 4 rings (SSSR count). The van der Waals surface area contributed by atoms with Crippen LogP contribution in [0.25, 0.3) is 16.3 Å². The molecule has 0 amide bonds. The number of allylic oxidation sites excluding steroid dienone is 1. The van der Waals surface area contributed by atoms with Gasteiger partial charge < -0.3 is 15.0 Å². The molecule has 1 N–H and O–H groups in total. The van der Waals surface area contributed by atoms with Gasteiger partial charge in [0.15, 0.2) is 0 Å². The van der Waals surface area contributed by atoms with Gasteiger partial charge in [-0.25, -0.2) is 4.98 Å². The molecule has 2 aromatic carbocycles. The van der Waals surface area contributed by atoms with Crippen LogP contribution in [0.15, 0.2) is 61.2 Å². The zero-order chi connectivity index (χ0) is 22.7. The Labute approximate surface area is 185 Å². The van der Waals surface area contributed by atoms with Gasteiger partial charge in [0, 0.05) is 28.6 Å². The quantitative estimate of drug-likeness (QED) is 0.517. The summed E-state index contributed by atoms with van der Waals surface area (Å²) in [5.41, 5.74) is 0.498. The molecule has 0 bridgehead atoms. The molecule has 2 heterocycles. The van der Waals surface area contributed by atoms with E-state index in [1.807, 2.05) is 36.4 Å². The van der Waals surface area contributed by atoms with Crippen LogP contribution in [-0.2, 0) is 6.61 Å². The van der Waals surface area contributed by atoms with Gasteiger partial charge >= 0.3 is 6.18 Å². The number of hydrogen-bond donors (Lipinski definition) is 1. The van der Waals surface area contributed by atoms with Crippen LogP contribution in [0, 0.1) is 0 Å². The van der Waals surface area contributed by atoms with Gasteiger partial charge in [0.05, 0.1) is 11.3 Å². The van der Waals surface area contributed by atoms with E-state index in [1.54, 1.807) is 18.2 Å². The number of fused-ring (bicyclic) bond motifs is 1. The number of rotatable bonds is 6. The van der Waals surface area contributed by atoms with Crippen molar-refractivity contribution in [3.63, 3.8) is 0 Å². The van der Waals surface area contributed by atoms with Gasteiger partial charge in [-0.05, 0) is 44.6 Å². The molecule has 1 fully saturated rings. The molecule has 168 valence electrons. The van der Waals surface area contributed by atoms with Crippen LogP contribution >= 0.6 is 0 Å². The number of piperidine rings is 1. The van der Waals surface area contributed by atoms with Crippen molar-refractivity contribution in [2.24, 2.45) is 0 Å². The fourth-order valence-corrected chi connectivity index (χ4v) is 3.92. The first-order valence-corrected chi connectivity index (χ1v) is 10.6. The van der Waals surface area contributed by atoms with Gasteiger partial charge in [-0.2, -0.15) is 13.2 Å². The van der Waals surface area contributed by atoms with Gasteiger partial charge in [-0.1, -0.05) is 49.0 Å². The normalized spacial score (nSPS) is 15.6. The molecule has 7 heteroatoms. The first kappa shape index (κ1) is 22.1. The summed E-state index contributed by atoms with van der Waals surface area (Å²) < 4.78 is 46.5. The zero-order valence-corrected chi connectivity index (χ0v) is 18.0. The van der Waals surface area contributed by atoms with Crippen LogP contribution in [0.3, 0.4) is 0 Å². The van der Waals surface area contributed by atoms with Crippen LogP contribution < -0.4 is 10.1 Å². The van der Waals surface area contributed by atoms with Crippen molar-refractivity contribution in [2.45, 2.75) is 31.7 Å². The highest BCUT2D eigenvalue weighted by atomic mass is 19.4. The van der Waals surface area contributed by atoms with E-state index in [0.29, 0.717) is 10.8 Å². The Morgan fingerprint density at radius 2 is 1.81 bits per heavy atom. The highest BCUT2D eigenvalue weighted by Gasteiger charge is 2.35. The Balaban J connectivity index is 1.72. The Kier molecular flexibility index (Phi) is 6.37. The number of anilines is 1. The Hall–Kier alpha value is -3.06. The minimum absolute atomic E-state index is 0.138. The second-order valence-corrected chi connectivity index (χ2v) is 8.18. The van der Waals surface area contributed by atoms with E-state index < -0.39 is 11.7 Å². The number of likely N-dealkylation sites (tertiary alicyclic amines) is 1. The molecule has 0 atom stereocenters. The maximum atomic E-state index is 13.6. The number of benzene rings is 2. The maximum absolute atomic E-state index is 13.6. The molecule has 1 aromatic heterocycles. The van der Waals surface area contributed by atoms with Gasteiger partial charge in [-0.3, -0.25) is 0 Å². The number of halogens is 3. The lowest BCUT2D eigenvalue weighted by atomic mass is 10.0. The molecule has 1 aliphatic rings. The second kappa shape index (κ2) is 9.20. The number of aromatic nitrogens is 1. The van der Waals surface area contributed by atoms with E-state index in [-0.39, 0.29) is 24.2 Å². The topological polar surface area (TPSA) is 37.4 Å². The molecule has 1 aliphatic heterocycles. The fraction of sp³-hybridized carbons (Fsp3) is 0.320. The van der Waals surface area contributed by atoms with E-state index >= 15 is 0 Å². The third kappa shape index (κ3) is 5.05. The molecule has 32 heavy (non-hydrogen) atoms. The number of nitrogens with zero attached hydrogens (tertiary/aromatic N) is 2. The number of alkyl halides is 3. The molecule has 1 saturated heterocycles. The number of ether oxygens (including phenoxy) is 1. The number of hydrogen-bond acceptors (Lipinski definition) is 4. The third-order valence-corrected chi connectivity index (χ3v) is 5.79. The van der Waals surface area contributed by atoms with Gasteiger partial charge in [0.25, 0.3) is 0 Å². The van der Waals surface area contributed by atoms with Crippen LogP contribution in [0.4, 0.5) is 18.9 Å². The van der Waals surface area contributed by atoms with Crippen LogP contribution in [0.5, 0.6) is 5.88 Å². The summed E-state index contributed by atoms with van der Waals surface area (Å²) >= 11 is 0. The number of nitrogens with one attached hydrogen (secondary N) is 1. The summed E-state index contributed by atoms with van der Waals surface area (Å²) in [4.78, 5) is 6.47. The lowest BCUT2D eigenvalue weighted by molar-refractivity contribution is -0.0688. The molecule has 4 nitrogen and oxygen atoms in total. The summed E-state index contributed by atoms with van der Waals surface area (Å²) in [5, 5.41) is 4.57. The summed E-state index contributed by atoms with van der Waals surface area (Å²) in [5.74, 6) is 0.138. The van der Waals surface area contributed by atoms with Crippen LogP contribution in [-0.4, -0.2) is 42.2 Å². The molecular weight excluding hydrogens is 415 g/mol. The monoisotopic (exact) mass is 441 g/mol. The van der Waals surface area contributed by atoms with E-state index in [2.05, 4.69) is 28.8 Å². The summed E-state index contributed by atoms with van der Waals surface area (Å²) in [6.45, 7) is 5.46. The lowest BCUT2D eigenvalue weighted by Crippen LogP contribution is -2.36. The van der Waals surface area contributed by atoms with Crippen molar-refractivity contribution in [3.05, 3.63) is 72.4 Å². The van der Waals surface area contributed by atoms with Crippen molar-refractivity contribution in [2.75, 3.05) is 25.5 Å². The van der Waals surface area contributed by atoms with Gasteiger partial charge in [0.2, 0.25) is 5.88 Å². The molecule has 0 spiro atoms. The Morgan fingerprint density at radius 1 is 1.09 bits per heavy atom. The summed E-state index contributed by atoms with van der Waals surface area (Å²) in [7, 11) is 2.09. The SMILES string of the molecule is C=C(c1nc(OCc2ccccc2)cc2c(NC3CCN(C)CC3)cccc12)C(F)(F)F. The van der Waals surface area contributed by atoms with E-state index in [0.717, 1.165) is 37.2 Å². The largest absolute Gasteiger partial charge is 0.473 e. The fourth-order valence-electron chi connectivity index (χ4n) is 3.92. The third-order valence-electron chi connectivity index (χ3n) is 5.79. The minimum atomic E-state index is -4.59. The van der Waals surface area contributed by atoms with Crippen molar-refractivity contribution in [1.82, 2.24) is 9.88 Å². The number of pyridine rings is 1. The second-order valence-electron chi connectivity index (χ2n) is 8.18. The van der Waals surface area contributed by atoms with Crippen LogP contribution in [0.2, 0.25) is 0 Å². The van der Waals surface area contributed by atoms with Crippen LogP contribution in [0.1, 0.15) is 24.1 Å². The molecule has 0 radical (unpaired) electrons. The average molecular weight is 441 g/mol. The lowest BCUT2D eigenvalue weighted by Gasteiger charge is -2.30. The molecule has 0 unspecified atom stereocenters. The highest BCUT2D eigenvalue weighted by molar-refractivity contribution is 6.00. The van der Waals surface area contributed by atoms with E-state index in [1.165, 1.54) is 0 Å². The van der Waals surface area contributed by atoms with Gasteiger partial charge in [-0.15, -0.1) is 0 Å². The first-order chi connectivity index (χ1) is 15.3. The predicted molar refractivity (Wildman–Crippen MR) is 122 cm³/mol. The molecule has 0 aliphatic carbocycles. The molecular formula is C25H26F3N3O. The minimum Gasteiger partial charge on any atom is -0.473 e. The first-order valence-electron chi connectivity index (χ1n) is 10.6. The molecule has 3 aromatic rings. The smallest absolute Gasteiger partial charge is 0.417 e. The predicted octanol–water partition coefficient (Wildman–Crippen LogP) is 5.90. The zero-order valence-electron chi connectivity index (χ0n) is 18.0. The standard InChI is InChI=1S/C25H26F3N3O/c1-17(25(26,27)28)24-20-9-6-10-22(29-19-11-13-31(2)14-12-19)21(20)15-23(30-24)32-16-18-7-4-3-5-8-18/h3-10,15,19,29H,1,11-14,16H2,2H3. The molecule has 0 saturated carbocycles. The van der Waals surface area contributed by atoms with Gasteiger partial charge in [0.1, 0.15) is 6.61 Å².